The van der Waals surface area contributed by atoms with Crippen LogP contribution in [0.5, 0.6) is 0 Å². The van der Waals surface area contributed by atoms with E-state index >= 15 is 0 Å². The first-order valence-electron chi connectivity index (χ1n) is 6.71. The molecular formula is C15H16F2N2O. The maximum Gasteiger partial charge on any atom is 0.138 e. The van der Waals surface area contributed by atoms with Gasteiger partial charge < -0.3 is 9.42 Å². The minimum atomic E-state index is -0.535. The summed E-state index contributed by atoms with van der Waals surface area (Å²) < 4.78 is 32.5. The first-order valence-corrected chi connectivity index (χ1v) is 6.71. The number of hydrogen-bond donors (Lipinski definition) is 0. The number of hydrogen-bond acceptors (Lipinski definition) is 3. The predicted octanol–water partition coefficient (Wildman–Crippen LogP) is 3.52. The fourth-order valence-corrected chi connectivity index (χ4v) is 2.77. The highest BCUT2D eigenvalue weighted by Crippen LogP contribution is 2.32. The Hall–Kier alpha value is -1.91. The van der Waals surface area contributed by atoms with Crippen LogP contribution < -0.4 is 4.90 Å². The van der Waals surface area contributed by atoms with Gasteiger partial charge in [0, 0.05) is 36.0 Å². The molecule has 1 aromatic carbocycles. The molecule has 106 valence electrons. The maximum atomic E-state index is 13.8. The highest BCUT2D eigenvalue weighted by Gasteiger charge is 2.23. The molecule has 5 heteroatoms. The van der Waals surface area contributed by atoms with Crippen LogP contribution in [0.15, 0.2) is 16.7 Å². The van der Waals surface area contributed by atoms with Gasteiger partial charge in [-0.15, -0.1) is 0 Å². The summed E-state index contributed by atoms with van der Waals surface area (Å²) in [6.45, 7) is 5.08. The summed E-state index contributed by atoms with van der Waals surface area (Å²) in [6, 6.07) is 2.37. The molecule has 0 fully saturated rings. The summed E-state index contributed by atoms with van der Waals surface area (Å²) in [4.78, 5) is 2.00. The van der Waals surface area contributed by atoms with Crippen molar-refractivity contribution in [2.45, 2.75) is 33.2 Å². The second kappa shape index (κ2) is 4.89. The molecule has 0 saturated heterocycles. The second-order valence-corrected chi connectivity index (χ2v) is 5.21. The summed E-state index contributed by atoms with van der Waals surface area (Å²) in [5.74, 6) is -0.234. The number of anilines is 1. The fraction of sp³-hybridized carbons (Fsp3) is 0.400. The fourth-order valence-electron chi connectivity index (χ4n) is 2.77. The van der Waals surface area contributed by atoms with E-state index in [9.17, 15) is 8.78 Å². The van der Waals surface area contributed by atoms with E-state index in [1.54, 1.807) is 0 Å². The molecule has 0 bridgehead atoms. The lowest BCUT2D eigenvalue weighted by molar-refractivity contribution is 0.392. The van der Waals surface area contributed by atoms with Gasteiger partial charge in [0.15, 0.2) is 0 Å². The van der Waals surface area contributed by atoms with Crippen molar-refractivity contribution in [2.24, 2.45) is 0 Å². The van der Waals surface area contributed by atoms with Crippen LogP contribution in [-0.4, -0.2) is 11.7 Å². The molecule has 0 saturated carbocycles. The molecule has 1 aliphatic heterocycles. The monoisotopic (exact) mass is 278 g/mol. The van der Waals surface area contributed by atoms with Crippen LogP contribution in [0.25, 0.3) is 0 Å². The molecule has 0 unspecified atom stereocenters. The predicted molar refractivity (Wildman–Crippen MR) is 71.7 cm³/mol. The Balaban J connectivity index is 1.98. The van der Waals surface area contributed by atoms with Gasteiger partial charge in [-0.3, -0.25) is 0 Å². The minimum Gasteiger partial charge on any atom is -0.367 e. The second-order valence-electron chi connectivity index (χ2n) is 5.21. The Labute approximate surface area is 116 Å². The van der Waals surface area contributed by atoms with E-state index in [0.717, 1.165) is 36.0 Å². The van der Waals surface area contributed by atoms with Crippen molar-refractivity contribution in [2.75, 3.05) is 11.4 Å². The lowest BCUT2D eigenvalue weighted by atomic mass is 10.00. The van der Waals surface area contributed by atoms with Gasteiger partial charge in [0.25, 0.3) is 0 Å². The zero-order valence-electron chi connectivity index (χ0n) is 11.5. The Morgan fingerprint density at radius 3 is 2.80 bits per heavy atom. The van der Waals surface area contributed by atoms with Gasteiger partial charge in [0.05, 0.1) is 5.69 Å². The van der Waals surface area contributed by atoms with Gasteiger partial charge in [0.2, 0.25) is 0 Å². The normalized spacial score (nSPS) is 14.5. The quantitative estimate of drug-likeness (QED) is 0.841. The van der Waals surface area contributed by atoms with Gasteiger partial charge in [-0.2, -0.15) is 0 Å². The SMILES string of the molecule is Cc1noc(C)c1CN1CCCc2c(F)cc(F)cc21. The number of nitrogens with zero attached hydrogens (tertiary/aromatic N) is 2. The van der Waals surface area contributed by atoms with Crippen LogP contribution in [0.2, 0.25) is 0 Å². The molecule has 2 aromatic rings. The molecule has 3 nitrogen and oxygen atoms in total. The van der Waals surface area contributed by atoms with Crippen LogP contribution in [0, 0.1) is 25.5 Å². The molecule has 3 rings (SSSR count). The number of fused-ring (bicyclic) bond motifs is 1. The molecule has 20 heavy (non-hydrogen) atoms. The molecule has 0 atom stereocenters. The summed E-state index contributed by atoms with van der Waals surface area (Å²) in [6.07, 6.45) is 1.51. The zero-order chi connectivity index (χ0) is 14.3. The highest BCUT2D eigenvalue weighted by atomic mass is 19.1. The number of halogens is 2. The topological polar surface area (TPSA) is 29.3 Å². The van der Waals surface area contributed by atoms with Gasteiger partial charge in [-0.05, 0) is 32.8 Å². The maximum absolute atomic E-state index is 13.8. The van der Waals surface area contributed by atoms with Crippen LogP contribution in [-0.2, 0) is 13.0 Å². The van der Waals surface area contributed by atoms with Crippen LogP contribution in [0.4, 0.5) is 14.5 Å². The average Bonchev–Trinajstić information content (AvgIpc) is 2.71. The lowest BCUT2D eigenvalue weighted by Crippen LogP contribution is -2.30. The molecule has 0 N–H and O–H groups in total. The van der Waals surface area contributed by atoms with Crippen molar-refractivity contribution in [1.82, 2.24) is 5.16 Å². The molecule has 0 aliphatic carbocycles. The van der Waals surface area contributed by atoms with E-state index in [2.05, 4.69) is 5.16 Å². The molecule has 2 heterocycles. The van der Waals surface area contributed by atoms with E-state index in [1.165, 1.54) is 6.07 Å². The Morgan fingerprint density at radius 1 is 1.30 bits per heavy atom. The summed E-state index contributed by atoms with van der Waals surface area (Å²) >= 11 is 0. The molecule has 0 amide bonds. The first-order chi connectivity index (χ1) is 9.56. The van der Waals surface area contributed by atoms with Gasteiger partial charge in [0.1, 0.15) is 17.4 Å². The van der Waals surface area contributed by atoms with E-state index in [-0.39, 0.29) is 0 Å². The van der Waals surface area contributed by atoms with Crippen LogP contribution in [0.1, 0.15) is 29.0 Å². The molecule has 0 radical (unpaired) electrons. The van der Waals surface area contributed by atoms with Crippen molar-refractivity contribution in [3.63, 3.8) is 0 Å². The standard InChI is InChI=1S/C15H16F2N2O/c1-9-13(10(2)20-18-9)8-19-5-3-4-12-14(17)6-11(16)7-15(12)19/h6-7H,3-5,8H2,1-2H3. The van der Waals surface area contributed by atoms with Crippen molar-refractivity contribution >= 4 is 5.69 Å². The Morgan fingerprint density at radius 2 is 2.10 bits per heavy atom. The van der Waals surface area contributed by atoms with Crippen molar-refractivity contribution in [3.8, 4) is 0 Å². The zero-order valence-corrected chi connectivity index (χ0v) is 11.5. The lowest BCUT2D eigenvalue weighted by Gasteiger charge is -2.31. The largest absolute Gasteiger partial charge is 0.367 e. The number of aromatic nitrogens is 1. The van der Waals surface area contributed by atoms with Gasteiger partial charge >= 0.3 is 0 Å². The third-order valence-corrected chi connectivity index (χ3v) is 3.86. The molecule has 1 aliphatic rings. The van der Waals surface area contributed by atoms with E-state index < -0.39 is 11.6 Å². The first kappa shape index (κ1) is 13.1. The molecule has 0 spiro atoms. The van der Waals surface area contributed by atoms with Crippen molar-refractivity contribution in [1.29, 1.82) is 0 Å². The number of aryl methyl sites for hydroxylation is 2. The van der Waals surface area contributed by atoms with Gasteiger partial charge in [-0.1, -0.05) is 5.16 Å². The number of rotatable bonds is 2. The molecule has 1 aromatic heterocycles. The van der Waals surface area contributed by atoms with Gasteiger partial charge in [-0.25, -0.2) is 8.78 Å². The van der Waals surface area contributed by atoms with Crippen LogP contribution in [0.3, 0.4) is 0 Å². The number of benzene rings is 1. The highest BCUT2D eigenvalue weighted by molar-refractivity contribution is 5.57. The third-order valence-electron chi connectivity index (χ3n) is 3.86. The summed E-state index contributed by atoms with van der Waals surface area (Å²) in [5, 5.41) is 3.92. The van der Waals surface area contributed by atoms with Crippen LogP contribution >= 0.6 is 0 Å². The third kappa shape index (κ3) is 2.17. The molecular weight excluding hydrogens is 262 g/mol. The minimum absolute atomic E-state index is 0.455. The Kier molecular flexibility index (Phi) is 3.20. The summed E-state index contributed by atoms with van der Waals surface area (Å²) in [5.41, 5.74) is 3.06. The van der Waals surface area contributed by atoms with E-state index in [4.69, 9.17) is 4.52 Å². The smallest absolute Gasteiger partial charge is 0.138 e. The van der Waals surface area contributed by atoms with Crippen molar-refractivity contribution < 1.29 is 13.3 Å². The average molecular weight is 278 g/mol. The Bertz CT molecular complexity index is 632. The summed E-state index contributed by atoms with van der Waals surface area (Å²) in [7, 11) is 0. The van der Waals surface area contributed by atoms with Crippen molar-refractivity contribution in [3.05, 3.63) is 46.3 Å². The van der Waals surface area contributed by atoms with E-state index in [1.807, 2.05) is 18.7 Å². The van der Waals surface area contributed by atoms with E-state index in [0.29, 0.717) is 24.2 Å².